The van der Waals surface area contributed by atoms with Crippen LogP contribution in [-0.4, -0.2) is 54.4 Å². The van der Waals surface area contributed by atoms with Gasteiger partial charge < -0.3 is 14.5 Å². The maximum Gasteiger partial charge on any atom is 0.260 e. The van der Waals surface area contributed by atoms with E-state index in [1.54, 1.807) is 58.3 Å². The molecule has 2 aromatic carbocycles. The normalized spacial score (nSPS) is 14.6. The highest BCUT2D eigenvalue weighted by Gasteiger charge is 2.24. The second-order valence-electron chi connectivity index (χ2n) is 6.25. The zero-order chi connectivity index (χ0) is 19.2. The lowest BCUT2D eigenvalue weighted by molar-refractivity contribution is -0.133. The SMILES string of the molecule is O=C(COc1ccc(Cl)cc1)N1CCCN(C(=O)c2ccccc2Cl)CC1. The van der Waals surface area contributed by atoms with Gasteiger partial charge in [-0.3, -0.25) is 9.59 Å². The van der Waals surface area contributed by atoms with Gasteiger partial charge in [-0.15, -0.1) is 0 Å². The van der Waals surface area contributed by atoms with Crippen molar-refractivity contribution in [2.24, 2.45) is 0 Å². The molecule has 0 saturated carbocycles. The zero-order valence-electron chi connectivity index (χ0n) is 14.7. The van der Waals surface area contributed by atoms with Crippen molar-refractivity contribution in [2.45, 2.75) is 6.42 Å². The summed E-state index contributed by atoms with van der Waals surface area (Å²) in [7, 11) is 0. The van der Waals surface area contributed by atoms with Gasteiger partial charge in [0.25, 0.3) is 11.8 Å². The van der Waals surface area contributed by atoms with Crippen molar-refractivity contribution in [3.63, 3.8) is 0 Å². The maximum absolute atomic E-state index is 12.7. The van der Waals surface area contributed by atoms with E-state index in [4.69, 9.17) is 27.9 Å². The van der Waals surface area contributed by atoms with Crippen LogP contribution in [0.2, 0.25) is 10.0 Å². The van der Waals surface area contributed by atoms with Crippen molar-refractivity contribution in [1.29, 1.82) is 0 Å². The van der Waals surface area contributed by atoms with Crippen LogP contribution in [-0.2, 0) is 4.79 Å². The molecule has 0 aliphatic carbocycles. The number of halogens is 2. The van der Waals surface area contributed by atoms with E-state index in [-0.39, 0.29) is 18.4 Å². The Morgan fingerprint density at radius 2 is 1.56 bits per heavy atom. The van der Waals surface area contributed by atoms with Gasteiger partial charge in [0.2, 0.25) is 0 Å². The molecule has 2 amide bonds. The number of hydrogen-bond donors (Lipinski definition) is 0. The molecule has 0 unspecified atom stereocenters. The lowest BCUT2D eigenvalue weighted by Gasteiger charge is -2.22. The van der Waals surface area contributed by atoms with E-state index >= 15 is 0 Å². The average Bonchev–Trinajstić information content (AvgIpc) is 2.93. The quantitative estimate of drug-likeness (QED) is 0.776. The van der Waals surface area contributed by atoms with Gasteiger partial charge in [-0.1, -0.05) is 35.3 Å². The number of carbonyl (C=O) groups is 2. The Morgan fingerprint density at radius 3 is 2.30 bits per heavy atom. The summed E-state index contributed by atoms with van der Waals surface area (Å²) in [5.74, 6) is 0.391. The topological polar surface area (TPSA) is 49.9 Å². The minimum absolute atomic E-state index is 0.0416. The molecule has 0 spiro atoms. The average molecular weight is 407 g/mol. The van der Waals surface area contributed by atoms with E-state index in [0.29, 0.717) is 54.0 Å². The Hall–Kier alpha value is -2.24. The summed E-state index contributed by atoms with van der Waals surface area (Å²) in [6.07, 6.45) is 0.711. The van der Waals surface area contributed by atoms with Gasteiger partial charge in [0.05, 0.1) is 10.6 Å². The van der Waals surface area contributed by atoms with Crippen molar-refractivity contribution < 1.29 is 14.3 Å². The van der Waals surface area contributed by atoms with Crippen LogP contribution in [0.1, 0.15) is 16.8 Å². The molecular formula is C20H20Cl2N2O3. The van der Waals surface area contributed by atoms with E-state index in [2.05, 4.69) is 0 Å². The summed E-state index contributed by atoms with van der Waals surface area (Å²) in [5, 5.41) is 1.06. The fraction of sp³-hybridized carbons (Fsp3) is 0.300. The molecule has 1 heterocycles. The molecule has 2 aromatic rings. The van der Waals surface area contributed by atoms with Crippen molar-refractivity contribution in [3.05, 3.63) is 64.1 Å². The highest BCUT2D eigenvalue weighted by molar-refractivity contribution is 6.33. The summed E-state index contributed by atoms with van der Waals surface area (Å²) in [6, 6.07) is 13.9. The van der Waals surface area contributed by atoms with Crippen LogP contribution >= 0.6 is 23.2 Å². The minimum Gasteiger partial charge on any atom is -0.484 e. The van der Waals surface area contributed by atoms with Crippen LogP contribution in [0.3, 0.4) is 0 Å². The standard InChI is InChI=1S/C20H20Cl2N2O3/c21-15-6-8-16(9-7-15)27-14-19(25)23-10-3-11-24(13-12-23)20(26)17-4-1-2-5-18(17)22/h1-2,4-9H,3,10-14H2. The molecular weight excluding hydrogens is 387 g/mol. The fourth-order valence-corrected chi connectivity index (χ4v) is 3.28. The first kappa shape index (κ1) is 19.5. The van der Waals surface area contributed by atoms with Crippen molar-refractivity contribution in [1.82, 2.24) is 9.80 Å². The molecule has 3 rings (SSSR count). The molecule has 142 valence electrons. The number of ether oxygens (including phenoxy) is 1. The van der Waals surface area contributed by atoms with Crippen LogP contribution in [0, 0.1) is 0 Å². The van der Waals surface area contributed by atoms with Crippen molar-refractivity contribution in [2.75, 3.05) is 32.8 Å². The summed E-state index contributed by atoms with van der Waals surface area (Å²) < 4.78 is 5.53. The van der Waals surface area contributed by atoms with Gasteiger partial charge in [0.1, 0.15) is 5.75 Å². The number of hydrogen-bond acceptors (Lipinski definition) is 3. The third-order valence-electron chi connectivity index (χ3n) is 4.42. The highest BCUT2D eigenvalue weighted by Crippen LogP contribution is 2.19. The molecule has 1 aliphatic heterocycles. The third-order valence-corrected chi connectivity index (χ3v) is 5.00. The fourth-order valence-electron chi connectivity index (χ4n) is 2.94. The summed E-state index contributed by atoms with van der Waals surface area (Å²) in [6.45, 7) is 2.08. The number of carbonyl (C=O) groups excluding carboxylic acids is 2. The van der Waals surface area contributed by atoms with Gasteiger partial charge in [-0.2, -0.15) is 0 Å². The molecule has 1 saturated heterocycles. The lowest BCUT2D eigenvalue weighted by Crippen LogP contribution is -2.39. The second-order valence-corrected chi connectivity index (χ2v) is 7.09. The van der Waals surface area contributed by atoms with Crippen molar-refractivity contribution >= 4 is 35.0 Å². The lowest BCUT2D eigenvalue weighted by atomic mass is 10.2. The van der Waals surface area contributed by atoms with Gasteiger partial charge in [0, 0.05) is 31.2 Å². The first-order valence-corrected chi connectivity index (χ1v) is 9.50. The van der Waals surface area contributed by atoms with Crippen LogP contribution in [0.15, 0.2) is 48.5 Å². The molecule has 0 bridgehead atoms. The Bertz CT molecular complexity index is 811. The molecule has 0 radical (unpaired) electrons. The first-order valence-electron chi connectivity index (χ1n) is 8.74. The van der Waals surface area contributed by atoms with Gasteiger partial charge in [-0.25, -0.2) is 0 Å². The molecule has 1 fully saturated rings. The smallest absolute Gasteiger partial charge is 0.260 e. The Morgan fingerprint density at radius 1 is 0.889 bits per heavy atom. The molecule has 0 N–H and O–H groups in total. The second kappa shape index (κ2) is 9.11. The molecule has 1 aliphatic rings. The largest absolute Gasteiger partial charge is 0.484 e. The van der Waals surface area contributed by atoms with Gasteiger partial charge >= 0.3 is 0 Å². The number of nitrogens with zero attached hydrogens (tertiary/aromatic N) is 2. The van der Waals surface area contributed by atoms with Crippen LogP contribution in [0.4, 0.5) is 0 Å². The highest BCUT2D eigenvalue weighted by atomic mass is 35.5. The predicted octanol–water partition coefficient (Wildman–Crippen LogP) is 3.75. The van der Waals surface area contributed by atoms with Crippen molar-refractivity contribution in [3.8, 4) is 5.75 Å². The maximum atomic E-state index is 12.7. The minimum atomic E-state index is -0.104. The molecule has 0 aromatic heterocycles. The monoisotopic (exact) mass is 406 g/mol. The summed E-state index contributed by atoms with van der Waals surface area (Å²) in [5.41, 5.74) is 0.491. The Kier molecular flexibility index (Phi) is 6.58. The Balaban J connectivity index is 1.54. The number of benzene rings is 2. The first-order chi connectivity index (χ1) is 13.0. The number of amides is 2. The van der Waals surface area contributed by atoms with E-state index in [9.17, 15) is 9.59 Å². The Labute approximate surface area is 168 Å². The van der Waals surface area contributed by atoms with Crippen LogP contribution < -0.4 is 4.74 Å². The van der Waals surface area contributed by atoms with E-state index in [1.807, 2.05) is 0 Å². The third kappa shape index (κ3) is 5.15. The zero-order valence-corrected chi connectivity index (χ0v) is 16.2. The van der Waals surface area contributed by atoms with E-state index in [1.165, 1.54) is 0 Å². The molecule has 27 heavy (non-hydrogen) atoms. The van der Waals surface area contributed by atoms with E-state index < -0.39 is 0 Å². The van der Waals surface area contributed by atoms with Gasteiger partial charge in [0.15, 0.2) is 6.61 Å². The van der Waals surface area contributed by atoms with Crippen LogP contribution in [0.25, 0.3) is 0 Å². The summed E-state index contributed by atoms with van der Waals surface area (Å²) >= 11 is 12.0. The van der Waals surface area contributed by atoms with Crippen LogP contribution in [0.5, 0.6) is 5.75 Å². The predicted molar refractivity (Wildman–Crippen MR) is 105 cm³/mol. The number of rotatable bonds is 4. The van der Waals surface area contributed by atoms with E-state index in [0.717, 1.165) is 0 Å². The van der Waals surface area contributed by atoms with Gasteiger partial charge in [-0.05, 0) is 42.8 Å². The molecule has 0 atom stereocenters. The molecule has 5 nitrogen and oxygen atoms in total. The molecule has 7 heteroatoms. The summed E-state index contributed by atoms with van der Waals surface area (Å²) in [4.78, 5) is 28.6.